The zero-order valence-electron chi connectivity index (χ0n) is 24.8. The van der Waals surface area contributed by atoms with E-state index in [1.165, 1.54) is 16.8 Å². The van der Waals surface area contributed by atoms with Gasteiger partial charge in [-0.25, -0.2) is 4.79 Å². The molecule has 1 saturated heterocycles. The van der Waals surface area contributed by atoms with E-state index in [1.54, 1.807) is 12.4 Å². The number of halogens is 3. The van der Waals surface area contributed by atoms with Crippen LogP contribution in [0.15, 0.2) is 102 Å². The Hall–Kier alpha value is -4.72. The number of aliphatic hydroxyl groups is 1. The molecule has 1 fully saturated rings. The number of carbonyl (C=O) groups is 1. The lowest BCUT2D eigenvalue weighted by Crippen LogP contribution is -2.39. The summed E-state index contributed by atoms with van der Waals surface area (Å²) in [5.41, 5.74) is 0.774. The first-order valence-electron chi connectivity index (χ1n) is 14.5. The molecule has 2 heterocycles. The van der Waals surface area contributed by atoms with E-state index in [9.17, 15) is 27.9 Å². The van der Waals surface area contributed by atoms with E-state index >= 15 is 0 Å². The fourth-order valence-electron chi connectivity index (χ4n) is 5.36. The highest BCUT2D eigenvalue weighted by atomic mass is 19.4. The molecule has 0 aliphatic carbocycles. The zero-order valence-corrected chi connectivity index (χ0v) is 24.8. The number of ether oxygens (including phenoxy) is 3. The summed E-state index contributed by atoms with van der Waals surface area (Å²) in [7, 11) is 1.59. The van der Waals surface area contributed by atoms with E-state index in [0.717, 1.165) is 16.7 Å². The van der Waals surface area contributed by atoms with Crippen molar-refractivity contribution >= 4 is 11.7 Å². The number of hydrogen-bond donors (Lipinski definition) is 3. The lowest BCUT2D eigenvalue weighted by molar-refractivity contribution is -0.173. The second kappa shape index (κ2) is 14.1. The molecule has 5 rings (SSSR count). The lowest BCUT2D eigenvalue weighted by Gasteiger charge is -2.37. The molecule has 3 atom stereocenters. The van der Waals surface area contributed by atoms with Crippen LogP contribution in [0.25, 0.3) is 0 Å². The van der Waals surface area contributed by atoms with Gasteiger partial charge in [-0.2, -0.15) is 18.2 Å². The molecule has 0 spiro atoms. The quantitative estimate of drug-likeness (QED) is 0.157. The molecule has 242 valence electrons. The van der Waals surface area contributed by atoms with Crippen LogP contribution >= 0.6 is 0 Å². The van der Waals surface area contributed by atoms with Crippen LogP contribution in [0.1, 0.15) is 29.3 Å². The molecule has 13 heteroatoms. The summed E-state index contributed by atoms with van der Waals surface area (Å²) >= 11 is 0. The molecule has 0 saturated carbocycles. The number of anilines is 1. The minimum absolute atomic E-state index is 0.0288. The maximum absolute atomic E-state index is 12.8. The van der Waals surface area contributed by atoms with Crippen LogP contribution in [0, 0.1) is 0 Å². The van der Waals surface area contributed by atoms with Crippen molar-refractivity contribution < 1.29 is 37.3 Å². The number of nitrogens with one attached hydrogen (secondary N) is 2. The first kappa shape index (κ1) is 32.7. The van der Waals surface area contributed by atoms with Gasteiger partial charge in [-0.15, -0.1) is 0 Å². The smallest absolute Gasteiger partial charge is 0.471 e. The minimum Gasteiger partial charge on any atom is -0.497 e. The van der Waals surface area contributed by atoms with Crippen LogP contribution in [0.4, 0.5) is 19.0 Å². The van der Waals surface area contributed by atoms with E-state index in [-0.39, 0.29) is 31.9 Å². The van der Waals surface area contributed by atoms with Gasteiger partial charge in [0, 0.05) is 25.7 Å². The maximum atomic E-state index is 12.8. The van der Waals surface area contributed by atoms with Gasteiger partial charge in [0.2, 0.25) is 0 Å². The van der Waals surface area contributed by atoms with Crippen LogP contribution in [0.2, 0.25) is 0 Å². The predicted octanol–water partition coefficient (Wildman–Crippen LogP) is 4.00. The number of nitrogens with zero attached hydrogens (tertiary/aromatic N) is 2. The van der Waals surface area contributed by atoms with Crippen LogP contribution in [0.5, 0.6) is 5.75 Å². The molecule has 0 bridgehead atoms. The third-order valence-corrected chi connectivity index (χ3v) is 7.64. The molecule has 0 radical (unpaired) electrons. The van der Waals surface area contributed by atoms with E-state index in [0.29, 0.717) is 5.75 Å². The van der Waals surface area contributed by atoms with Crippen molar-refractivity contribution in [2.45, 2.75) is 36.6 Å². The summed E-state index contributed by atoms with van der Waals surface area (Å²) in [5.74, 6) is -1.26. The van der Waals surface area contributed by atoms with Gasteiger partial charge in [0.1, 0.15) is 29.5 Å². The van der Waals surface area contributed by atoms with Gasteiger partial charge in [0.05, 0.1) is 19.8 Å². The van der Waals surface area contributed by atoms with Crippen LogP contribution < -0.4 is 21.1 Å². The Morgan fingerprint density at radius 2 is 1.57 bits per heavy atom. The molecule has 1 aromatic heterocycles. The number of aromatic nitrogens is 2. The SMILES string of the molecule is COc1ccc(C(OC[C@H]2O[C@@H](n3ccc(NCCNC(=O)C(F)(F)F)nc3=O)C[C@@H]2O)(c2ccccc2)c2ccccc2)cc1. The van der Waals surface area contributed by atoms with Gasteiger partial charge in [-0.3, -0.25) is 9.36 Å². The van der Waals surface area contributed by atoms with Gasteiger partial charge < -0.3 is 30.0 Å². The Balaban J connectivity index is 1.32. The number of alkyl halides is 3. The van der Waals surface area contributed by atoms with E-state index in [4.69, 9.17) is 14.2 Å². The van der Waals surface area contributed by atoms with E-state index < -0.39 is 41.8 Å². The second-order valence-electron chi connectivity index (χ2n) is 10.6. The summed E-state index contributed by atoms with van der Waals surface area (Å²) in [6.07, 6.45) is -6.06. The predicted molar refractivity (Wildman–Crippen MR) is 162 cm³/mol. The summed E-state index contributed by atoms with van der Waals surface area (Å²) in [6, 6.07) is 28.4. The number of hydrogen-bond acceptors (Lipinski definition) is 8. The van der Waals surface area contributed by atoms with E-state index in [2.05, 4.69) is 10.3 Å². The van der Waals surface area contributed by atoms with Gasteiger partial charge >= 0.3 is 17.8 Å². The maximum Gasteiger partial charge on any atom is 0.471 e. The molecule has 1 aliphatic rings. The molecule has 3 N–H and O–H groups in total. The van der Waals surface area contributed by atoms with Gasteiger partial charge in [0.25, 0.3) is 0 Å². The Labute approximate surface area is 262 Å². The van der Waals surface area contributed by atoms with Crippen LogP contribution in [0.3, 0.4) is 0 Å². The zero-order chi connectivity index (χ0) is 32.7. The summed E-state index contributed by atoms with van der Waals surface area (Å²) in [4.78, 5) is 27.7. The van der Waals surface area contributed by atoms with E-state index in [1.807, 2.05) is 84.9 Å². The number of amides is 1. The molecule has 0 unspecified atom stereocenters. The molecule has 1 amide bonds. The number of carbonyl (C=O) groups excluding carboxylic acids is 1. The highest BCUT2D eigenvalue weighted by Gasteiger charge is 2.42. The highest BCUT2D eigenvalue weighted by molar-refractivity contribution is 5.81. The number of aliphatic hydroxyl groups excluding tert-OH is 1. The summed E-state index contributed by atoms with van der Waals surface area (Å²) < 4.78 is 56.5. The van der Waals surface area contributed by atoms with Crippen molar-refractivity contribution in [1.29, 1.82) is 0 Å². The lowest BCUT2D eigenvalue weighted by atomic mass is 9.80. The van der Waals surface area contributed by atoms with Gasteiger partial charge in [-0.1, -0.05) is 72.8 Å². The van der Waals surface area contributed by atoms with Crippen molar-refractivity contribution in [3.05, 3.63) is 124 Å². The Morgan fingerprint density at radius 1 is 0.957 bits per heavy atom. The molecule has 3 aromatic carbocycles. The van der Waals surface area contributed by atoms with Crippen molar-refractivity contribution in [1.82, 2.24) is 14.9 Å². The van der Waals surface area contributed by atoms with Crippen LogP contribution in [-0.4, -0.2) is 65.8 Å². The first-order valence-corrected chi connectivity index (χ1v) is 14.5. The minimum atomic E-state index is -4.98. The highest BCUT2D eigenvalue weighted by Crippen LogP contribution is 2.42. The second-order valence-corrected chi connectivity index (χ2v) is 10.6. The fraction of sp³-hybridized carbons (Fsp3) is 0.303. The third-order valence-electron chi connectivity index (χ3n) is 7.64. The molecule has 10 nitrogen and oxygen atoms in total. The molecular weight excluding hydrogens is 605 g/mol. The molecule has 4 aromatic rings. The van der Waals surface area contributed by atoms with Crippen molar-refractivity contribution in [2.24, 2.45) is 0 Å². The van der Waals surface area contributed by atoms with Gasteiger partial charge in [-0.05, 0) is 34.9 Å². The Morgan fingerprint density at radius 3 is 2.13 bits per heavy atom. The number of methoxy groups -OCH3 is 1. The van der Waals surface area contributed by atoms with Crippen LogP contribution in [-0.2, 0) is 19.9 Å². The normalized spacial score (nSPS) is 18.2. The Kier molecular flexibility index (Phi) is 10.0. The number of rotatable bonds is 12. The standard InChI is InChI=1S/C33H33F3N4O6/c1-44-25-14-12-24(13-15-25)32(22-8-4-2-5-9-22,23-10-6-3-7-11-23)45-21-27-26(41)20-29(46-27)40-19-16-28(39-31(40)43)37-17-18-38-30(42)33(34,35)36/h2-16,19,26-27,29,41H,17-18,20-21H2,1H3,(H,38,42)(H,37,39,43)/t26-,27+,29+/m0/s1. The largest absolute Gasteiger partial charge is 0.497 e. The topological polar surface area (TPSA) is 124 Å². The fourth-order valence-corrected chi connectivity index (χ4v) is 5.36. The summed E-state index contributed by atoms with van der Waals surface area (Å²) in [6.45, 7) is -0.444. The van der Waals surface area contributed by atoms with Crippen molar-refractivity contribution in [3.63, 3.8) is 0 Å². The van der Waals surface area contributed by atoms with Gasteiger partial charge in [0.15, 0.2) is 0 Å². The Bertz CT molecular complexity index is 1610. The van der Waals surface area contributed by atoms with Crippen molar-refractivity contribution in [2.75, 3.05) is 32.1 Å². The van der Waals surface area contributed by atoms with Crippen molar-refractivity contribution in [3.8, 4) is 5.75 Å². The molecule has 46 heavy (non-hydrogen) atoms. The monoisotopic (exact) mass is 638 g/mol. The molecule has 1 aliphatic heterocycles. The third kappa shape index (κ3) is 7.22. The average Bonchev–Trinajstić information content (AvgIpc) is 3.43. The summed E-state index contributed by atoms with van der Waals surface area (Å²) in [5, 5.41) is 15.4. The molecular formula is C33H33F3N4O6. The number of benzene rings is 3. The average molecular weight is 639 g/mol. The first-order chi connectivity index (χ1) is 22.1.